The molecule has 1 fully saturated rings. The molecule has 3 rings (SSSR count). The molecule has 1 aromatic rings. The highest BCUT2D eigenvalue weighted by molar-refractivity contribution is 9.10. The molecule has 126 valence electrons. The van der Waals surface area contributed by atoms with Gasteiger partial charge in [-0.2, -0.15) is 0 Å². The van der Waals surface area contributed by atoms with Crippen LogP contribution in [0.5, 0.6) is 0 Å². The zero-order chi connectivity index (χ0) is 16.6. The highest BCUT2D eigenvalue weighted by Crippen LogP contribution is 2.38. The Kier molecular flexibility index (Phi) is 4.70. The minimum Gasteiger partial charge on any atom is -0.444 e. The summed E-state index contributed by atoms with van der Waals surface area (Å²) >= 11 is 3.62. The third-order valence-corrected chi connectivity index (χ3v) is 4.80. The molecule has 0 aromatic heterocycles. The molecule has 1 amide bonds. The lowest BCUT2D eigenvalue weighted by atomic mass is 9.92. The molecular formula is C18H24BrNO3. The van der Waals surface area contributed by atoms with Crippen LogP contribution in [0.25, 0.3) is 0 Å². The average molecular weight is 382 g/mol. The van der Waals surface area contributed by atoms with Gasteiger partial charge in [-0.05, 0) is 68.9 Å². The summed E-state index contributed by atoms with van der Waals surface area (Å²) in [6.07, 6.45) is 2.69. The van der Waals surface area contributed by atoms with E-state index in [9.17, 15) is 4.79 Å². The van der Waals surface area contributed by atoms with Crippen LogP contribution in [0.2, 0.25) is 0 Å². The van der Waals surface area contributed by atoms with Crippen LogP contribution < -0.4 is 0 Å². The van der Waals surface area contributed by atoms with Crippen LogP contribution in [0.4, 0.5) is 4.79 Å². The van der Waals surface area contributed by atoms with E-state index < -0.39 is 5.60 Å². The van der Waals surface area contributed by atoms with Crippen molar-refractivity contribution in [2.75, 3.05) is 13.2 Å². The molecule has 0 radical (unpaired) electrons. The van der Waals surface area contributed by atoms with Gasteiger partial charge in [0, 0.05) is 11.0 Å². The Labute approximate surface area is 146 Å². The highest BCUT2D eigenvalue weighted by Gasteiger charge is 2.35. The number of halogens is 1. The number of fused-ring (bicyclic) bond motifs is 1. The molecule has 4 nitrogen and oxygen atoms in total. The second-order valence-corrected chi connectivity index (χ2v) is 8.18. The van der Waals surface area contributed by atoms with E-state index in [2.05, 4.69) is 28.1 Å². The first-order chi connectivity index (χ1) is 10.8. The summed E-state index contributed by atoms with van der Waals surface area (Å²) in [5.41, 5.74) is 3.32. The molecule has 0 N–H and O–H groups in total. The zero-order valence-corrected chi connectivity index (χ0v) is 15.6. The molecular weight excluding hydrogens is 358 g/mol. The number of nitrogens with zero attached hydrogens (tertiary/aromatic N) is 1. The molecule has 2 aliphatic rings. The van der Waals surface area contributed by atoms with E-state index in [0.717, 1.165) is 36.9 Å². The molecule has 0 spiro atoms. The molecule has 0 bridgehead atoms. The van der Waals surface area contributed by atoms with Crippen molar-refractivity contribution >= 4 is 22.0 Å². The number of rotatable bonds is 1. The van der Waals surface area contributed by atoms with Crippen molar-refractivity contribution in [3.05, 3.63) is 33.3 Å². The fraction of sp³-hybridized carbons (Fsp3) is 0.611. The van der Waals surface area contributed by atoms with Crippen LogP contribution in [0.3, 0.4) is 0 Å². The SMILES string of the molecule is CC(C)(C)OC(=O)N1CCCC1c1cc(Br)cc2c1COCC2. The molecule has 23 heavy (non-hydrogen) atoms. The van der Waals surface area contributed by atoms with Crippen LogP contribution in [0.1, 0.15) is 56.3 Å². The van der Waals surface area contributed by atoms with Gasteiger partial charge >= 0.3 is 6.09 Å². The summed E-state index contributed by atoms with van der Waals surface area (Å²) in [6.45, 7) is 7.88. The smallest absolute Gasteiger partial charge is 0.410 e. The number of carbonyl (C=O) groups excluding carboxylic acids is 1. The Morgan fingerprint density at radius 2 is 2.17 bits per heavy atom. The van der Waals surface area contributed by atoms with E-state index in [4.69, 9.17) is 9.47 Å². The Hall–Kier alpha value is -1.07. The fourth-order valence-electron chi connectivity index (χ4n) is 3.40. The number of benzene rings is 1. The summed E-state index contributed by atoms with van der Waals surface area (Å²) in [5, 5.41) is 0. The van der Waals surface area contributed by atoms with Gasteiger partial charge in [0.2, 0.25) is 0 Å². The van der Waals surface area contributed by atoms with E-state index >= 15 is 0 Å². The molecule has 5 heteroatoms. The van der Waals surface area contributed by atoms with Crippen molar-refractivity contribution < 1.29 is 14.3 Å². The van der Waals surface area contributed by atoms with Crippen LogP contribution in [-0.4, -0.2) is 29.7 Å². The predicted molar refractivity (Wildman–Crippen MR) is 92.4 cm³/mol. The lowest BCUT2D eigenvalue weighted by Gasteiger charge is -2.31. The maximum atomic E-state index is 12.6. The molecule has 0 aliphatic carbocycles. The second-order valence-electron chi connectivity index (χ2n) is 7.27. The quantitative estimate of drug-likeness (QED) is 0.713. The van der Waals surface area contributed by atoms with E-state index in [1.165, 1.54) is 16.7 Å². The Bertz CT molecular complexity index is 609. The maximum Gasteiger partial charge on any atom is 0.410 e. The van der Waals surface area contributed by atoms with Gasteiger partial charge in [0.1, 0.15) is 5.60 Å². The number of amides is 1. The van der Waals surface area contributed by atoms with Crippen molar-refractivity contribution in [3.8, 4) is 0 Å². The zero-order valence-electron chi connectivity index (χ0n) is 14.0. The van der Waals surface area contributed by atoms with Gasteiger partial charge in [-0.25, -0.2) is 4.79 Å². The van der Waals surface area contributed by atoms with Gasteiger partial charge in [-0.3, -0.25) is 0 Å². The van der Waals surface area contributed by atoms with Gasteiger partial charge in [0.25, 0.3) is 0 Å². The third kappa shape index (κ3) is 3.72. The third-order valence-electron chi connectivity index (χ3n) is 4.34. The van der Waals surface area contributed by atoms with E-state index in [1.54, 1.807) is 0 Å². The number of likely N-dealkylation sites (tertiary alicyclic amines) is 1. The van der Waals surface area contributed by atoms with E-state index in [1.807, 2.05) is 25.7 Å². The Morgan fingerprint density at radius 1 is 1.39 bits per heavy atom. The van der Waals surface area contributed by atoms with Crippen molar-refractivity contribution in [3.63, 3.8) is 0 Å². The molecule has 2 aliphatic heterocycles. The normalized spacial score (nSPS) is 21.2. The van der Waals surface area contributed by atoms with Gasteiger partial charge in [-0.15, -0.1) is 0 Å². The summed E-state index contributed by atoms with van der Waals surface area (Å²) < 4.78 is 12.3. The summed E-state index contributed by atoms with van der Waals surface area (Å²) in [6, 6.07) is 4.40. The topological polar surface area (TPSA) is 38.8 Å². The first-order valence-electron chi connectivity index (χ1n) is 8.24. The van der Waals surface area contributed by atoms with E-state index in [0.29, 0.717) is 6.61 Å². The lowest BCUT2D eigenvalue weighted by Crippen LogP contribution is -2.36. The number of ether oxygens (including phenoxy) is 2. The minimum atomic E-state index is -0.468. The Balaban J connectivity index is 1.91. The van der Waals surface area contributed by atoms with Crippen molar-refractivity contribution in [2.45, 2.75) is 58.3 Å². The summed E-state index contributed by atoms with van der Waals surface area (Å²) in [4.78, 5) is 14.4. The van der Waals surface area contributed by atoms with Gasteiger partial charge in [0.05, 0.1) is 19.3 Å². The van der Waals surface area contributed by atoms with Gasteiger partial charge < -0.3 is 14.4 Å². The molecule has 1 saturated heterocycles. The van der Waals surface area contributed by atoms with Crippen LogP contribution in [-0.2, 0) is 22.5 Å². The molecule has 1 unspecified atom stereocenters. The predicted octanol–water partition coefficient (Wildman–Crippen LogP) is 4.59. The maximum absolute atomic E-state index is 12.6. The van der Waals surface area contributed by atoms with Crippen molar-refractivity contribution in [1.29, 1.82) is 0 Å². The van der Waals surface area contributed by atoms with Gasteiger partial charge in [0.15, 0.2) is 0 Å². The number of hydrogen-bond acceptors (Lipinski definition) is 3. The number of hydrogen-bond donors (Lipinski definition) is 0. The van der Waals surface area contributed by atoms with E-state index in [-0.39, 0.29) is 12.1 Å². The summed E-state index contributed by atoms with van der Waals surface area (Å²) in [7, 11) is 0. The van der Waals surface area contributed by atoms with Crippen molar-refractivity contribution in [1.82, 2.24) is 4.90 Å². The summed E-state index contributed by atoms with van der Waals surface area (Å²) in [5.74, 6) is 0. The van der Waals surface area contributed by atoms with Crippen LogP contribution >= 0.6 is 15.9 Å². The number of carbonyl (C=O) groups is 1. The standard InChI is InChI=1S/C18H24BrNO3/c1-18(2,3)23-17(21)20-7-4-5-16(20)14-10-13(19)9-12-6-8-22-11-15(12)14/h9-10,16H,4-8,11H2,1-3H3. The van der Waals surface area contributed by atoms with Crippen LogP contribution in [0, 0.1) is 0 Å². The molecule has 1 aromatic carbocycles. The largest absolute Gasteiger partial charge is 0.444 e. The monoisotopic (exact) mass is 381 g/mol. The molecule has 1 atom stereocenters. The fourth-order valence-corrected chi connectivity index (χ4v) is 3.92. The van der Waals surface area contributed by atoms with Gasteiger partial charge in [-0.1, -0.05) is 15.9 Å². The molecule has 2 heterocycles. The Morgan fingerprint density at radius 3 is 2.91 bits per heavy atom. The minimum absolute atomic E-state index is 0.0813. The first-order valence-corrected chi connectivity index (χ1v) is 9.03. The second kappa shape index (κ2) is 6.44. The average Bonchev–Trinajstić information content (AvgIpc) is 2.93. The lowest BCUT2D eigenvalue weighted by molar-refractivity contribution is 0.0221. The first kappa shape index (κ1) is 16.8. The van der Waals surface area contributed by atoms with Crippen molar-refractivity contribution in [2.24, 2.45) is 0 Å². The molecule has 0 saturated carbocycles. The highest BCUT2D eigenvalue weighted by atomic mass is 79.9. The van der Waals surface area contributed by atoms with Crippen LogP contribution in [0.15, 0.2) is 16.6 Å².